The standard InChI is InChI=1S/C15H11ClN2O6/c16-11-3-8(4-13-14(11)24-7-23-13)6-22-15(19)10-5-9(18(20)21)1-2-12(10)17/h1-5H,6-7,17H2. The van der Waals surface area contributed by atoms with Gasteiger partial charge in [0.25, 0.3) is 5.69 Å². The van der Waals surface area contributed by atoms with Gasteiger partial charge >= 0.3 is 5.97 Å². The summed E-state index contributed by atoms with van der Waals surface area (Å²) in [5.41, 5.74) is 6.03. The molecule has 2 aromatic rings. The highest BCUT2D eigenvalue weighted by Gasteiger charge is 2.20. The molecule has 2 N–H and O–H groups in total. The van der Waals surface area contributed by atoms with E-state index >= 15 is 0 Å². The maximum absolute atomic E-state index is 12.1. The molecule has 8 nitrogen and oxygen atoms in total. The zero-order valence-electron chi connectivity index (χ0n) is 12.2. The quantitative estimate of drug-likeness (QED) is 0.390. The van der Waals surface area contributed by atoms with E-state index in [1.165, 1.54) is 12.1 Å². The first kappa shape index (κ1) is 15.9. The Morgan fingerprint density at radius 1 is 1.33 bits per heavy atom. The summed E-state index contributed by atoms with van der Waals surface area (Å²) in [7, 11) is 0. The molecule has 0 aliphatic carbocycles. The normalized spacial score (nSPS) is 12.0. The van der Waals surface area contributed by atoms with Gasteiger partial charge in [-0.2, -0.15) is 0 Å². The van der Waals surface area contributed by atoms with Gasteiger partial charge in [-0.15, -0.1) is 0 Å². The number of hydrogen-bond donors (Lipinski definition) is 1. The maximum atomic E-state index is 12.1. The van der Waals surface area contributed by atoms with E-state index < -0.39 is 10.9 Å². The predicted octanol–water partition coefficient (Wildman–Crippen LogP) is 2.92. The molecule has 0 saturated carbocycles. The lowest BCUT2D eigenvalue weighted by molar-refractivity contribution is -0.384. The third kappa shape index (κ3) is 3.04. The van der Waals surface area contributed by atoms with Gasteiger partial charge in [0.15, 0.2) is 11.5 Å². The molecule has 0 radical (unpaired) electrons. The average molecular weight is 351 g/mol. The lowest BCUT2D eigenvalue weighted by Gasteiger charge is -2.08. The third-order valence-corrected chi connectivity index (χ3v) is 3.61. The van der Waals surface area contributed by atoms with E-state index in [2.05, 4.69) is 0 Å². The van der Waals surface area contributed by atoms with Crippen LogP contribution in [0, 0.1) is 10.1 Å². The van der Waals surface area contributed by atoms with E-state index in [0.717, 1.165) is 6.07 Å². The van der Waals surface area contributed by atoms with Gasteiger partial charge in [0, 0.05) is 17.8 Å². The number of nitrogen functional groups attached to an aromatic ring is 1. The van der Waals surface area contributed by atoms with E-state index in [1.54, 1.807) is 12.1 Å². The number of fused-ring (bicyclic) bond motifs is 1. The summed E-state index contributed by atoms with van der Waals surface area (Å²) in [5.74, 6) is 0.128. The number of carbonyl (C=O) groups is 1. The van der Waals surface area contributed by atoms with Crippen LogP contribution >= 0.6 is 11.6 Å². The smallest absolute Gasteiger partial charge is 0.340 e. The fourth-order valence-corrected chi connectivity index (χ4v) is 2.45. The summed E-state index contributed by atoms with van der Waals surface area (Å²) in [4.78, 5) is 22.3. The van der Waals surface area contributed by atoms with Crippen LogP contribution in [0.4, 0.5) is 11.4 Å². The van der Waals surface area contributed by atoms with Gasteiger partial charge < -0.3 is 19.9 Å². The molecule has 1 heterocycles. The lowest BCUT2D eigenvalue weighted by Crippen LogP contribution is -2.09. The van der Waals surface area contributed by atoms with Crippen LogP contribution in [0.2, 0.25) is 5.02 Å². The van der Waals surface area contributed by atoms with Gasteiger partial charge in [-0.05, 0) is 23.8 Å². The molecule has 1 aliphatic heterocycles. The largest absolute Gasteiger partial charge is 0.457 e. The van der Waals surface area contributed by atoms with Crippen molar-refractivity contribution >= 4 is 28.9 Å². The van der Waals surface area contributed by atoms with Crippen LogP contribution < -0.4 is 15.2 Å². The highest BCUT2D eigenvalue weighted by Crippen LogP contribution is 2.40. The van der Waals surface area contributed by atoms with E-state index in [4.69, 9.17) is 31.5 Å². The van der Waals surface area contributed by atoms with Crippen LogP contribution in [0.5, 0.6) is 11.5 Å². The number of ether oxygens (including phenoxy) is 3. The van der Waals surface area contributed by atoms with Crippen molar-refractivity contribution in [3.63, 3.8) is 0 Å². The van der Waals surface area contributed by atoms with Gasteiger partial charge in [-0.3, -0.25) is 10.1 Å². The maximum Gasteiger partial charge on any atom is 0.340 e. The fourth-order valence-electron chi connectivity index (χ4n) is 2.17. The molecule has 0 amide bonds. The van der Waals surface area contributed by atoms with Crippen molar-refractivity contribution in [2.45, 2.75) is 6.61 Å². The third-order valence-electron chi connectivity index (χ3n) is 3.32. The number of non-ortho nitro benzene ring substituents is 1. The Kier molecular flexibility index (Phi) is 4.13. The Morgan fingerprint density at radius 3 is 2.88 bits per heavy atom. The number of nitro benzene ring substituents is 1. The zero-order chi connectivity index (χ0) is 17.3. The number of esters is 1. The minimum Gasteiger partial charge on any atom is -0.457 e. The predicted molar refractivity (Wildman–Crippen MR) is 84.2 cm³/mol. The molecule has 0 spiro atoms. The van der Waals surface area contributed by atoms with Crippen LogP contribution in [-0.4, -0.2) is 17.7 Å². The number of benzene rings is 2. The molecule has 0 unspecified atom stereocenters. The van der Waals surface area contributed by atoms with Crippen LogP contribution in [0.1, 0.15) is 15.9 Å². The van der Waals surface area contributed by atoms with Gasteiger partial charge in [-0.25, -0.2) is 4.79 Å². The van der Waals surface area contributed by atoms with Crippen LogP contribution in [0.25, 0.3) is 0 Å². The van der Waals surface area contributed by atoms with E-state index in [0.29, 0.717) is 22.1 Å². The average Bonchev–Trinajstić information content (AvgIpc) is 3.02. The second-order valence-electron chi connectivity index (χ2n) is 4.92. The first-order valence-electron chi connectivity index (χ1n) is 6.75. The minimum atomic E-state index is -0.773. The van der Waals surface area contributed by atoms with Gasteiger partial charge in [0.05, 0.1) is 15.5 Å². The minimum absolute atomic E-state index is 0.0719. The first-order chi connectivity index (χ1) is 11.5. The van der Waals surface area contributed by atoms with Crippen molar-refractivity contribution in [3.05, 3.63) is 56.6 Å². The van der Waals surface area contributed by atoms with Crippen molar-refractivity contribution in [1.29, 1.82) is 0 Å². The van der Waals surface area contributed by atoms with Crippen molar-refractivity contribution < 1.29 is 23.9 Å². The number of rotatable bonds is 4. The molecular formula is C15H11ClN2O6. The topological polar surface area (TPSA) is 114 Å². The SMILES string of the molecule is Nc1ccc([N+](=O)[O-])cc1C(=O)OCc1cc(Cl)c2c(c1)OCO2. The van der Waals surface area contributed by atoms with Crippen molar-refractivity contribution in [2.75, 3.05) is 12.5 Å². The van der Waals surface area contributed by atoms with E-state index in [-0.39, 0.29) is 30.3 Å². The van der Waals surface area contributed by atoms with E-state index in [1.807, 2.05) is 0 Å². The first-order valence-corrected chi connectivity index (χ1v) is 7.12. The molecule has 0 aromatic heterocycles. The molecule has 24 heavy (non-hydrogen) atoms. The Hall–Kier alpha value is -3.00. The molecule has 124 valence electrons. The van der Waals surface area contributed by atoms with Gasteiger partial charge in [-0.1, -0.05) is 11.6 Å². The molecule has 0 fully saturated rings. The number of anilines is 1. The number of nitro groups is 1. The van der Waals surface area contributed by atoms with Crippen LogP contribution in [-0.2, 0) is 11.3 Å². The zero-order valence-corrected chi connectivity index (χ0v) is 12.9. The molecule has 2 aromatic carbocycles. The summed E-state index contributed by atoms with van der Waals surface area (Å²) < 4.78 is 15.6. The number of hydrogen-bond acceptors (Lipinski definition) is 7. The highest BCUT2D eigenvalue weighted by molar-refractivity contribution is 6.32. The summed E-state index contributed by atoms with van der Waals surface area (Å²) in [5, 5.41) is 11.1. The van der Waals surface area contributed by atoms with Crippen molar-refractivity contribution in [2.24, 2.45) is 0 Å². The Bertz CT molecular complexity index is 839. The highest BCUT2D eigenvalue weighted by atomic mass is 35.5. The molecule has 0 saturated heterocycles. The molecular weight excluding hydrogens is 340 g/mol. The van der Waals surface area contributed by atoms with E-state index in [9.17, 15) is 14.9 Å². The Labute approximate surface area is 140 Å². The lowest BCUT2D eigenvalue weighted by atomic mass is 10.1. The second-order valence-corrected chi connectivity index (χ2v) is 5.32. The molecule has 9 heteroatoms. The summed E-state index contributed by atoms with van der Waals surface area (Å²) in [6.45, 7) is -0.0279. The van der Waals surface area contributed by atoms with Crippen molar-refractivity contribution in [1.82, 2.24) is 0 Å². The summed E-state index contributed by atoms with van der Waals surface area (Å²) in [6, 6.07) is 6.79. The number of halogens is 1. The van der Waals surface area contributed by atoms with Gasteiger partial charge in [0.2, 0.25) is 6.79 Å². The molecule has 0 atom stereocenters. The molecule has 1 aliphatic rings. The number of nitrogens with two attached hydrogens (primary N) is 1. The van der Waals surface area contributed by atoms with Gasteiger partial charge in [0.1, 0.15) is 6.61 Å². The van der Waals surface area contributed by atoms with Crippen molar-refractivity contribution in [3.8, 4) is 11.5 Å². The fraction of sp³-hybridized carbons (Fsp3) is 0.133. The molecule has 3 rings (SSSR count). The monoisotopic (exact) mass is 350 g/mol. The Morgan fingerprint density at radius 2 is 2.12 bits per heavy atom. The Balaban J connectivity index is 1.76. The second kappa shape index (κ2) is 6.25. The molecule has 0 bridgehead atoms. The van der Waals surface area contributed by atoms with Crippen LogP contribution in [0.3, 0.4) is 0 Å². The number of carbonyl (C=O) groups excluding carboxylic acids is 1. The van der Waals surface area contributed by atoms with Crippen LogP contribution in [0.15, 0.2) is 30.3 Å². The summed E-state index contributed by atoms with van der Waals surface area (Å²) in [6.07, 6.45) is 0. The number of nitrogens with zero attached hydrogens (tertiary/aromatic N) is 1. The summed E-state index contributed by atoms with van der Waals surface area (Å²) >= 11 is 6.05.